The van der Waals surface area contributed by atoms with Gasteiger partial charge >= 0.3 is 5.97 Å². The number of hydrogen-bond donors (Lipinski definition) is 1. The van der Waals surface area contributed by atoms with Crippen molar-refractivity contribution in [1.82, 2.24) is 9.97 Å². The molecule has 2 rings (SSSR count). The van der Waals surface area contributed by atoms with Crippen molar-refractivity contribution in [3.63, 3.8) is 0 Å². The lowest BCUT2D eigenvalue weighted by Gasteiger charge is -2.33. The first-order valence-electron chi connectivity index (χ1n) is 6.72. The number of aliphatic carboxylic acids is 1. The van der Waals surface area contributed by atoms with Crippen molar-refractivity contribution in [2.75, 3.05) is 31.2 Å². The van der Waals surface area contributed by atoms with E-state index in [1.807, 2.05) is 11.8 Å². The zero-order valence-electron chi connectivity index (χ0n) is 11.5. The average molecular weight is 281 g/mol. The second-order valence-corrected chi connectivity index (χ2v) is 4.60. The average Bonchev–Trinajstić information content (AvgIpc) is 2.45. The van der Waals surface area contributed by atoms with Crippen molar-refractivity contribution in [1.29, 1.82) is 0 Å². The molecule has 2 heterocycles. The molecule has 1 aliphatic rings. The first kappa shape index (κ1) is 14.5. The van der Waals surface area contributed by atoms with E-state index in [1.54, 1.807) is 6.07 Å². The van der Waals surface area contributed by atoms with Crippen LogP contribution in [0.3, 0.4) is 0 Å². The van der Waals surface area contributed by atoms with Gasteiger partial charge in [-0.3, -0.25) is 4.79 Å². The van der Waals surface area contributed by atoms with E-state index in [9.17, 15) is 4.79 Å². The molecule has 1 fully saturated rings. The molecule has 1 aromatic rings. The summed E-state index contributed by atoms with van der Waals surface area (Å²) in [6, 6.07) is 1.78. The number of anilines is 1. The minimum absolute atomic E-state index is 0.000769. The van der Waals surface area contributed by atoms with Crippen LogP contribution in [0.2, 0.25) is 0 Å². The molecule has 0 saturated carbocycles. The molecule has 20 heavy (non-hydrogen) atoms. The summed E-state index contributed by atoms with van der Waals surface area (Å²) in [6.45, 7) is 4.33. The third kappa shape index (κ3) is 4.06. The topological polar surface area (TPSA) is 84.8 Å². The molecule has 1 N–H and O–H groups in total. The molecule has 1 unspecified atom stereocenters. The summed E-state index contributed by atoms with van der Waals surface area (Å²) >= 11 is 0. The fourth-order valence-electron chi connectivity index (χ4n) is 2.03. The van der Waals surface area contributed by atoms with Gasteiger partial charge in [0.05, 0.1) is 25.7 Å². The van der Waals surface area contributed by atoms with Gasteiger partial charge in [0, 0.05) is 19.2 Å². The predicted octanol–water partition coefficient (Wildman–Crippen LogP) is 0.945. The third-order valence-electron chi connectivity index (χ3n) is 2.95. The van der Waals surface area contributed by atoms with E-state index in [4.69, 9.17) is 14.6 Å². The van der Waals surface area contributed by atoms with Crippen molar-refractivity contribution < 1.29 is 19.4 Å². The Morgan fingerprint density at radius 1 is 1.60 bits per heavy atom. The molecule has 0 amide bonds. The normalized spacial score (nSPS) is 18.9. The monoisotopic (exact) mass is 281 g/mol. The number of nitrogens with zero attached hydrogens (tertiary/aromatic N) is 3. The van der Waals surface area contributed by atoms with Crippen LogP contribution in [-0.4, -0.2) is 53.5 Å². The number of ether oxygens (including phenoxy) is 2. The third-order valence-corrected chi connectivity index (χ3v) is 2.95. The van der Waals surface area contributed by atoms with Gasteiger partial charge in [0.1, 0.15) is 12.1 Å². The van der Waals surface area contributed by atoms with Crippen LogP contribution >= 0.6 is 0 Å². The second-order valence-electron chi connectivity index (χ2n) is 4.60. The van der Waals surface area contributed by atoms with Gasteiger partial charge in [-0.05, 0) is 6.42 Å². The van der Waals surface area contributed by atoms with Gasteiger partial charge in [-0.2, -0.15) is 0 Å². The lowest BCUT2D eigenvalue weighted by Crippen LogP contribution is -2.43. The van der Waals surface area contributed by atoms with Crippen molar-refractivity contribution in [3.05, 3.63) is 12.4 Å². The van der Waals surface area contributed by atoms with E-state index in [0.717, 1.165) is 12.2 Å². The highest BCUT2D eigenvalue weighted by Gasteiger charge is 2.23. The van der Waals surface area contributed by atoms with Crippen LogP contribution in [0.5, 0.6) is 5.88 Å². The number of carboxylic acids is 1. The highest BCUT2D eigenvalue weighted by Crippen LogP contribution is 2.19. The molecule has 0 radical (unpaired) electrons. The van der Waals surface area contributed by atoms with Crippen LogP contribution in [0, 0.1) is 0 Å². The van der Waals surface area contributed by atoms with Crippen molar-refractivity contribution in [2.24, 2.45) is 0 Å². The van der Waals surface area contributed by atoms with E-state index in [1.165, 1.54) is 6.33 Å². The molecule has 1 saturated heterocycles. The minimum Gasteiger partial charge on any atom is -0.481 e. The lowest BCUT2D eigenvalue weighted by molar-refractivity contribution is -0.140. The Balaban J connectivity index is 2.00. The Bertz CT molecular complexity index is 455. The zero-order chi connectivity index (χ0) is 14.4. The summed E-state index contributed by atoms with van der Waals surface area (Å²) in [5, 5.41) is 8.82. The van der Waals surface area contributed by atoms with Crippen molar-refractivity contribution in [3.8, 4) is 5.88 Å². The minimum atomic E-state index is -0.855. The second kappa shape index (κ2) is 7.04. The number of carboxylic acid groups (broad SMARTS) is 1. The fraction of sp³-hybridized carbons (Fsp3) is 0.615. The molecule has 1 aromatic heterocycles. The number of morpholine rings is 1. The summed E-state index contributed by atoms with van der Waals surface area (Å²) in [5.74, 6) is 0.425. The summed E-state index contributed by atoms with van der Waals surface area (Å²) in [6.07, 6.45) is 2.07. The molecule has 1 aliphatic heterocycles. The zero-order valence-corrected chi connectivity index (χ0v) is 11.5. The molecule has 7 heteroatoms. The van der Waals surface area contributed by atoms with Crippen LogP contribution in [-0.2, 0) is 9.53 Å². The van der Waals surface area contributed by atoms with Crippen LogP contribution in [0.25, 0.3) is 0 Å². The number of carbonyl (C=O) groups is 1. The Kier molecular flexibility index (Phi) is 5.11. The van der Waals surface area contributed by atoms with E-state index in [2.05, 4.69) is 9.97 Å². The van der Waals surface area contributed by atoms with Gasteiger partial charge < -0.3 is 19.5 Å². The SMILES string of the molecule is CCCOc1cc(N2CCOC(CC(=O)O)C2)ncn1. The first-order chi connectivity index (χ1) is 9.69. The van der Waals surface area contributed by atoms with Gasteiger partial charge in [-0.25, -0.2) is 9.97 Å². The van der Waals surface area contributed by atoms with E-state index in [0.29, 0.717) is 32.2 Å². The number of aromatic nitrogens is 2. The quantitative estimate of drug-likeness (QED) is 0.830. The number of rotatable bonds is 6. The molecular weight excluding hydrogens is 262 g/mol. The largest absolute Gasteiger partial charge is 0.481 e. The van der Waals surface area contributed by atoms with Crippen LogP contribution in [0.15, 0.2) is 12.4 Å². The molecule has 0 bridgehead atoms. The smallest absolute Gasteiger partial charge is 0.306 e. The highest BCUT2D eigenvalue weighted by atomic mass is 16.5. The molecule has 1 atom stereocenters. The predicted molar refractivity (Wildman–Crippen MR) is 72.0 cm³/mol. The van der Waals surface area contributed by atoms with Gasteiger partial charge in [0.2, 0.25) is 5.88 Å². The van der Waals surface area contributed by atoms with E-state index in [-0.39, 0.29) is 12.5 Å². The Labute approximate surface area is 117 Å². The molecule has 0 spiro atoms. The van der Waals surface area contributed by atoms with Crippen molar-refractivity contribution >= 4 is 11.8 Å². The molecular formula is C13H19N3O4. The molecule has 110 valence electrons. The molecule has 0 aliphatic carbocycles. The summed E-state index contributed by atoms with van der Waals surface area (Å²) < 4.78 is 10.9. The summed E-state index contributed by atoms with van der Waals surface area (Å²) in [5.41, 5.74) is 0. The van der Waals surface area contributed by atoms with Crippen LogP contribution in [0.4, 0.5) is 5.82 Å². The van der Waals surface area contributed by atoms with Crippen molar-refractivity contribution in [2.45, 2.75) is 25.9 Å². The standard InChI is InChI=1S/C13H19N3O4/c1-2-4-20-12-7-11(14-9-15-12)16-3-5-19-10(8-16)6-13(17)18/h7,9-10H,2-6,8H2,1H3,(H,17,18). The van der Waals surface area contributed by atoms with E-state index < -0.39 is 5.97 Å². The molecule has 0 aromatic carbocycles. The van der Waals surface area contributed by atoms with E-state index >= 15 is 0 Å². The molecule has 7 nitrogen and oxygen atoms in total. The number of hydrogen-bond acceptors (Lipinski definition) is 6. The van der Waals surface area contributed by atoms with Gasteiger partial charge in [0.15, 0.2) is 0 Å². The first-order valence-corrected chi connectivity index (χ1v) is 6.72. The Morgan fingerprint density at radius 2 is 2.45 bits per heavy atom. The van der Waals surface area contributed by atoms with Gasteiger partial charge in [-0.1, -0.05) is 6.92 Å². The van der Waals surface area contributed by atoms with Crippen LogP contribution < -0.4 is 9.64 Å². The van der Waals surface area contributed by atoms with Crippen LogP contribution in [0.1, 0.15) is 19.8 Å². The maximum absolute atomic E-state index is 10.7. The van der Waals surface area contributed by atoms with Gasteiger partial charge in [-0.15, -0.1) is 0 Å². The Morgan fingerprint density at radius 3 is 3.20 bits per heavy atom. The summed E-state index contributed by atoms with van der Waals surface area (Å²) in [7, 11) is 0. The lowest BCUT2D eigenvalue weighted by atomic mass is 10.2. The maximum atomic E-state index is 10.7. The highest BCUT2D eigenvalue weighted by molar-refractivity contribution is 5.67. The summed E-state index contributed by atoms with van der Waals surface area (Å²) in [4.78, 5) is 21.0. The maximum Gasteiger partial charge on any atom is 0.306 e. The fourth-order valence-corrected chi connectivity index (χ4v) is 2.03. The Hall–Kier alpha value is -1.89. The van der Waals surface area contributed by atoms with Gasteiger partial charge in [0.25, 0.3) is 0 Å².